The highest BCUT2D eigenvalue weighted by Crippen LogP contribution is 2.60. The quantitative estimate of drug-likeness (QED) is 0.508. The molecule has 6 atom stereocenters. The molecule has 7 heteroatoms. The first-order valence-corrected chi connectivity index (χ1v) is 11.4. The van der Waals surface area contributed by atoms with Crippen LogP contribution in [0.1, 0.15) is 27.9 Å². The summed E-state index contributed by atoms with van der Waals surface area (Å²) < 4.78 is 5.49. The number of halogens is 1. The molecule has 1 aliphatic heterocycles. The van der Waals surface area contributed by atoms with Gasteiger partial charge >= 0.3 is 5.97 Å². The number of carbonyl (C=O) groups excluding carboxylic acids is 3. The highest BCUT2D eigenvalue weighted by Gasteiger charge is 2.67. The minimum Gasteiger partial charge on any atom is -0.461 e. The predicted molar refractivity (Wildman–Crippen MR) is 120 cm³/mol. The zero-order valence-electron chi connectivity index (χ0n) is 17.2. The Bertz CT molecular complexity index is 1080. The number of fused-ring (bicyclic) bond motifs is 1. The summed E-state index contributed by atoms with van der Waals surface area (Å²) in [6.07, 6.45) is 0.719. The van der Waals surface area contributed by atoms with E-state index in [1.54, 1.807) is 24.3 Å². The molecule has 2 bridgehead atoms. The fourth-order valence-electron chi connectivity index (χ4n) is 5.54. The van der Waals surface area contributed by atoms with Crippen molar-refractivity contribution in [2.45, 2.75) is 31.2 Å². The molecule has 2 aromatic rings. The lowest BCUT2D eigenvalue weighted by atomic mass is 9.79. The summed E-state index contributed by atoms with van der Waals surface area (Å²) in [5, 5.41) is 5.83. The number of aryl methyl sites for hydroxylation is 2. The van der Waals surface area contributed by atoms with Gasteiger partial charge in [0.15, 0.2) is 0 Å². The molecule has 2 aromatic carbocycles. The number of carbonyl (C=O) groups is 3. The van der Waals surface area contributed by atoms with Crippen molar-refractivity contribution in [1.29, 1.82) is 0 Å². The van der Waals surface area contributed by atoms with Crippen molar-refractivity contribution in [3.05, 3.63) is 59.2 Å². The Morgan fingerprint density at radius 3 is 2.48 bits per heavy atom. The van der Waals surface area contributed by atoms with E-state index >= 15 is 0 Å². The zero-order chi connectivity index (χ0) is 21.9. The van der Waals surface area contributed by atoms with Crippen LogP contribution in [-0.4, -0.2) is 28.7 Å². The fraction of sp³-hybridized carbons (Fsp3) is 0.375. The van der Waals surface area contributed by atoms with Gasteiger partial charge in [-0.15, -0.1) is 0 Å². The van der Waals surface area contributed by atoms with Crippen LogP contribution in [0.15, 0.2) is 42.5 Å². The number of anilines is 2. The highest BCUT2D eigenvalue weighted by atomic mass is 79.9. The Labute approximate surface area is 188 Å². The molecule has 2 amide bonds. The standard InChI is InChI=1S/C24H23BrN2O4/c1-11-6-12(2)8-15(7-11)27-22(28)13-4-3-5-14(9-13)26-23(29)18-16-10-17-19(18)24(30)31-21(17)20(16)25/h3-9,16-21H,10H2,1-2H3,(H,26,29)(H,27,28)/t16-,17-,18-,19+,20-,21+/m1/s1. The van der Waals surface area contributed by atoms with Gasteiger partial charge in [-0.25, -0.2) is 0 Å². The zero-order valence-corrected chi connectivity index (χ0v) is 18.8. The van der Waals surface area contributed by atoms with E-state index in [0.29, 0.717) is 11.3 Å². The molecule has 3 fully saturated rings. The topological polar surface area (TPSA) is 84.5 Å². The SMILES string of the molecule is Cc1cc(C)cc(NC(=O)c2cccc(NC(=O)[C@@H]3[C@H]4C[C@H]5[C@H](OC(=O)[C@@H]53)[C@@H]4Br)c2)c1. The van der Waals surface area contributed by atoms with Gasteiger partial charge in [0.2, 0.25) is 5.91 Å². The predicted octanol–water partition coefficient (Wildman–Crippen LogP) is 4.07. The molecule has 0 aromatic heterocycles. The van der Waals surface area contributed by atoms with Crippen LogP contribution in [0.2, 0.25) is 0 Å². The van der Waals surface area contributed by atoms with Crippen molar-refractivity contribution in [1.82, 2.24) is 0 Å². The number of ether oxygens (including phenoxy) is 1. The molecule has 0 radical (unpaired) electrons. The summed E-state index contributed by atoms with van der Waals surface area (Å²) >= 11 is 3.63. The lowest BCUT2D eigenvalue weighted by Crippen LogP contribution is -2.40. The molecule has 3 aliphatic rings. The number of rotatable bonds is 4. The van der Waals surface area contributed by atoms with Crippen molar-refractivity contribution in [2.24, 2.45) is 23.7 Å². The van der Waals surface area contributed by atoms with E-state index in [9.17, 15) is 14.4 Å². The number of benzene rings is 2. The lowest BCUT2D eigenvalue weighted by molar-refractivity contribution is -0.145. The number of nitrogens with one attached hydrogen (secondary N) is 2. The van der Waals surface area contributed by atoms with Gasteiger partial charge in [-0.2, -0.15) is 0 Å². The monoisotopic (exact) mass is 482 g/mol. The molecule has 2 saturated carbocycles. The van der Waals surface area contributed by atoms with Gasteiger partial charge < -0.3 is 15.4 Å². The molecular weight excluding hydrogens is 460 g/mol. The molecular formula is C24H23BrN2O4. The lowest BCUT2D eigenvalue weighted by Gasteiger charge is -2.27. The summed E-state index contributed by atoms with van der Waals surface area (Å²) in [5.41, 5.74) is 3.86. The van der Waals surface area contributed by atoms with Crippen molar-refractivity contribution in [3.63, 3.8) is 0 Å². The van der Waals surface area contributed by atoms with E-state index < -0.39 is 5.92 Å². The maximum atomic E-state index is 13.1. The van der Waals surface area contributed by atoms with Gasteiger partial charge in [-0.05, 0) is 67.6 Å². The van der Waals surface area contributed by atoms with E-state index in [0.717, 1.165) is 23.2 Å². The van der Waals surface area contributed by atoms with Gasteiger partial charge in [-0.1, -0.05) is 28.1 Å². The maximum absolute atomic E-state index is 13.1. The number of hydrogen-bond acceptors (Lipinski definition) is 4. The maximum Gasteiger partial charge on any atom is 0.310 e. The minimum absolute atomic E-state index is 0.0193. The normalized spacial score (nSPS) is 30.2. The highest BCUT2D eigenvalue weighted by molar-refractivity contribution is 9.09. The van der Waals surface area contributed by atoms with Crippen LogP contribution in [0.3, 0.4) is 0 Å². The Morgan fingerprint density at radius 1 is 1.00 bits per heavy atom. The summed E-state index contributed by atoms with van der Waals surface area (Å²) in [5.74, 6) is -1.26. The van der Waals surface area contributed by atoms with Crippen molar-refractivity contribution >= 4 is 45.1 Å². The second-order valence-electron chi connectivity index (χ2n) is 8.86. The van der Waals surface area contributed by atoms with Crippen molar-refractivity contribution in [2.75, 3.05) is 10.6 Å². The average molecular weight is 483 g/mol. The van der Waals surface area contributed by atoms with Gasteiger partial charge in [0.05, 0.1) is 16.7 Å². The number of amides is 2. The van der Waals surface area contributed by atoms with Crippen LogP contribution in [0.25, 0.3) is 0 Å². The van der Waals surface area contributed by atoms with E-state index in [2.05, 4.69) is 26.6 Å². The van der Waals surface area contributed by atoms with Crippen LogP contribution in [0, 0.1) is 37.5 Å². The van der Waals surface area contributed by atoms with Crippen LogP contribution >= 0.6 is 15.9 Å². The van der Waals surface area contributed by atoms with E-state index in [1.165, 1.54) is 0 Å². The van der Waals surface area contributed by atoms with Crippen LogP contribution in [0.5, 0.6) is 0 Å². The van der Waals surface area contributed by atoms with E-state index in [-0.39, 0.29) is 46.5 Å². The molecule has 2 N–H and O–H groups in total. The Hall–Kier alpha value is -2.67. The third-order valence-corrected chi connectivity index (χ3v) is 7.90. The van der Waals surface area contributed by atoms with Crippen LogP contribution in [0.4, 0.5) is 11.4 Å². The second-order valence-corrected chi connectivity index (χ2v) is 9.92. The summed E-state index contributed by atoms with van der Waals surface area (Å²) in [7, 11) is 0. The third-order valence-electron chi connectivity index (χ3n) is 6.70. The summed E-state index contributed by atoms with van der Waals surface area (Å²) in [6, 6.07) is 12.7. The second kappa shape index (κ2) is 7.48. The number of alkyl halides is 1. The largest absolute Gasteiger partial charge is 0.461 e. The Balaban J connectivity index is 1.31. The first-order valence-electron chi connectivity index (χ1n) is 10.5. The van der Waals surface area contributed by atoms with Gasteiger partial charge in [-0.3, -0.25) is 14.4 Å². The summed E-state index contributed by atoms with van der Waals surface area (Å²) in [6.45, 7) is 3.96. The van der Waals surface area contributed by atoms with Crippen molar-refractivity contribution in [3.8, 4) is 0 Å². The van der Waals surface area contributed by atoms with Crippen LogP contribution < -0.4 is 10.6 Å². The smallest absolute Gasteiger partial charge is 0.310 e. The Kier molecular flexibility index (Phi) is 4.88. The molecule has 1 heterocycles. The average Bonchev–Trinajstić information content (AvgIpc) is 3.31. The molecule has 31 heavy (non-hydrogen) atoms. The number of hydrogen-bond donors (Lipinski definition) is 2. The Morgan fingerprint density at radius 2 is 1.74 bits per heavy atom. The minimum atomic E-state index is -0.409. The van der Waals surface area contributed by atoms with Crippen molar-refractivity contribution < 1.29 is 19.1 Å². The molecule has 6 nitrogen and oxygen atoms in total. The first kappa shape index (κ1) is 20.2. The molecule has 0 unspecified atom stereocenters. The summed E-state index contributed by atoms with van der Waals surface area (Å²) in [4.78, 5) is 38.1. The molecule has 5 rings (SSSR count). The first-order chi connectivity index (χ1) is 14.8. The third kappa shape index (κ3) is 3.45. The fourth-order valence-corrected chi connectivity index (χ4v) is 6.59. The van der Waals surface area contributed by atoms with E-state index in [1.807, 2.05) is 32.0 Å². The molecule has 0 spiro atoms. The van der Waals surface area contributed by atoms with Gasteiger partial charge in [0.1, 0.15) is 6.10 Å². The van der Waals surface area contributed by atoms with Crippen LogP contribution in [-0.2, 0) is 14.3 Å². The van der Waals surface area contributed by atoms with E-state index in [4.69, 9.17) is 4.74 Å². The molecule has 2 aliphatic carbocycles. The van der Waals surface area contributed by atoms with Gasteiger partial charge in [0, 0.05) is 22.9 Å². The molecule has 1 saturated heterocycles. The molecule has 160 valence electrons. The number of esters is 1. The van der Waals surface area contributed by atoms with Gasteiger partial charge in [0.25, 0.3) is 5.91 Å².